The average molecular weight is 342 g/mol. The molecule has 0 radical (unpaired) electrons. The Morgan fingerprint density at radius 2 is 1.88 bits per heavy atom. The zero-order valence-electron chi connectivity index (χ0n) is 13.3. The largest absolute Gasteiger partial charge is 0.461 e. The van der Waals surface area contributed by atoms with Crippen molar-refractivity contribution >= 4 is 24.3 Å². The fraction of sp³-hybridized carbons (Fsp3) is 0.118. The summed E-state index contributed by atoms with van der Waals surface area (Å²) >= 11 is 0. The number of rotatable bonds is 8. The van der Waals surface area contributed by atoms with Crippen LogP contribution in [0.3, 0.4) is 0 Å². The van der Waals surface area contributed by atoms with E-state index in [1.54, 1.807) is 54.6 Å². The summed E-state index contributed by atoms with van der Waals surface area (Å²) < 4.78 is 10.8. The van der Waals surface area contributed by atoms with Crippen molar-refractivity contribution in [3.63, 3.8) is 0 Å². The van der Waals surface area contributed by atoms with E-state index >= 15 is 0 Å². The summed E-state index contributed by atoms with van der Waals surface area (Å²) in [6, 6.07) is 15.0. The molecular formula is C17H18N4O4. The molecule has 25 heavy (non-hydrogen) atoms. The van der Waals surface area contributed by atoms with E-state index in [0.717, 1.165) is 0 Å². The van der Waals surface area contributed by atoms with Crippen LogP contribution < -0.4 is 26.4 Å². The maximum absolute atomic E-state index is 12.5. The van der Waals surface area contributed by atoms with Crippen LogP contribution in [0.15, 0.2) is 59.7 Å². The molecule has 1 atom stereocenters. The number of aldehydes is 1. The molecule has 0 fully saturated rings. The van der Waals surface area contributed by atoms with Gasteiger partial charge in [0.2, 0.25) is 0 Å². The van der Waals surface area contributed by atoms with Crippen molar-refractivity contribution in [1.29, 1.82) is 0 Å². The van der Waals surface area contributed by atoms with Gasteiger partial charge in [0.1, 0.15) is 24.1 Å². The number of para-hydroxylation sites is 1. The van der Waals surface area contributed by atoms with Gasteiger partial charge in [-0.15, -0.1) is 0 Å². The molecule has 2 aromatic rings. The topological polar surface area (TPSA) is 129 Å². The molecule has 8 heteroatoms. The van der Waals surface area contributed by atoms with Crippen molar-refractivity contribution in [2.75, 3.05) is 5.32 Å². The molecule has 0 spiro atoms. The highest BCUT2D eigenvalue weighted by Gasteiger charge is 2.38. The molecule has 0 saturated carbocycles. The maximum atomic E-state index is 12.5. The first-order valence-electron chi connectivity index (χ1n) is 7.34. The SMILES string of the molecule is NN=CNc1cccc(OC(=O)C(N)(CC=O)Oc2ccccc2)c1. The number of ether oxygens (including phenoxy) is 2. The lowest BCUT2D eigenvalue weighted by molar-refractivity contribution is -0.153. The summed E-state index contributed by atoms with van der Waals surface area (Å²) in [5.74, 6) is 4.68. The first-order valence-corrected chi connectivity index (χ1v) is 7.34. The molecular weight excluding hydrogens is 324 g/mol. The van der Waals surface area contributed by atoms with Crippen LogP contribution >= 0.6 is 0 Å². The summed E-state index contributed by atoms with van der Waals surface area (Å²) in [5, 5.41) is 6.09. The Labute approximate surface area is 144 Å². The molecule has 0 heterocycles. The van der Waals surface area contributed by atoms with E-state index < -0.39 is 11.7 Å². The Morgan fingerprint density at radius 1 is 1.16 bits per heavy atom. The fourth-order valence-electron chi connectivity index (χ4n) is 1.94. The number of hydrazone groups is 1. The quantitative estimate of drug-likeness (QED) is 0.0961. The Balaban J connectivity index is 2.15. The molecule has 2 rings (SSSR count). The van der Waals surface area contributed by atoms with Gasteiger partial charge in [-0.2, -0.15) is 5.10 Å². The van der Waals surface area contributed by atoms with Gasteiger partial charge in [-0.25, -0.2) is 4.79 Å². The molecule has 0 aliphatic carbocycles. The third-order valence-corrected chi connectivity index (χ3v) is 3.13. The summed E-state index contributed by atoms with van der Waals surface area (Å²) in [7, 11) is 0. The van der Waals surface area contributed by atoms with Crippen molar-refractivity contribution in [2.24, 2.45) is 16.7 Å². The first kappa shape index (κ1) is 18.0. The van der Waals surface area contributed by atoms with Gasteiger partial charge in [0.15, 0.2) is 0 Å². The number of carbonyl (C=O) groups is 2. The fourth-order valence-corrected chi connectivity index (χ4v) is 1.94. The second kappa shape index (κ2) is 8.46. The normalized spacial score (nSPS) is 13.0. The van der Waals surface area contributed by atoms with Gasteiger partial charge in [0, 0.05) is 11.8 Å². The van der Waals surface area contributed by atoms with E-state index in [-0.39, 0.29) is 12.2 Å². The lowest BCUT2D eigenvalue weighted by Gasteiger charge is -2.26. The van der Waals surface area contributed by atoms with Crippen LogP contribution in [0.25, 0.3) is 0 Å². The highest BCUT2D eigenvalue weighted by Crippen LogP contribution is 2.22. The van der Waals surface area contributed by atoms with E-state index in [0.29, 0.717) is 17.7 Å². The number of hydrogen-bond acceptors (Lipinski definition) is 7. The van der Waals surface area contributed by atoms with Crippen LogP contribution in [0, 0.1) is 0 Å². The van der Waals surface area contributed by atoms with Gasteiger partial charge in [0.25, 0.3) is 5.72 Å². The van der Waals surface area contributed by atoms with E-state index in [1.165, 1.54) is 6.34 Å². The standard InChI is InChI=1S/C17H18N4O4/c18-17(9-10-22,25-14-6-2-1-3-7-14)16(23)24-15-8-4-5-13(11-15)20-12-21-19/h1-8,10-12H,9,18-19H2,(H,20,21). The van der Waals surface area contributed by atoms with Crippen LogP contribution in [0.1, 0.15) is 6.42 Å². The van der Waals surface area contributed by atoms with Gasteiger partial charge in [-0.1, -0.05) is 24.3 Å². The van der Waals surface area contributed by atoms with Crippen LogP contribution in [0.4, 0.5) is 5.69 Å². The van der Waals surface area contributed by atoms with Crippen molar-refractivity contribution < 1.29 is 19.1 Å². The Hall–Kier alpha value is -3.39. The van der Waals surface area contributed by atoms with E-state index in [9.17, 15) is 9.59 Å². The molecule has 2 aromatic carbocycles. The van der Waals surface area contributed by atoms with Gasteiger partial charge in [0.05, 0.1) is 6.42 Å². The Bertz CT molecular complexity index is 751. The molecule has 0 amide bonds. The number of anilines is 1. The first-order chi connectivity index (χ1) is 12.1. The van der Waals surface area contributed by atoms with Gasteiger partial charge >= 0.3 is 5.97 Å². The van der Waals surface area contributed by atoms with E-state index in [4.69, 9.17) is 21.1 Å². The zero-order valence-corrected chi connectivity index (χ0v) is 13.3. The number of nitrogens with two attached hydrogens (primary N) is 2. The number of nitrogens with one attached hydrogen (secondary N) is 1. The van der Waals surface area contributed by atoms with Crippen molar-refractivity contribution in [3.05, 3.63) is 54.6 Å². The van der Waals surface area contributed by atoms with Crippen LogP contribution in [-0.4, -0.2) is 24.3 Å². The predicted molar refractivity (Wildman–Crippen MR) is 93.0 cm³/mol. The number of hydrogen-bond donors (Lipinski definition) is 3. The molecule has 0 aliphatic heterocycles. The lowest BCUT2D eigenvalue weighted by atomic mass is 10.1. The van der Waals surface area contributed by atoms with Gasteiger partial charge < -0.3 is 25.4 Å². The lowest BCUT2D eigenvalue weighted by Crippen LogP contribution is -2.55. The Kier molecular flexibility index (Phi) is 6.08. The second-order valence-electron chi connectivity index (χ2n) is 5.02. The van der Waals surface area contributed by atoms with Gasteiger partial charge in [-0.05, 0) is 24.3 Å². The minimum absolute atomic E-state index is 0.220. The number of carbonyl (C=O) groups excluding carboxylic acids is 2. The minimum Gasteiger partial charge on any atom is -0.461 e. The molecule has 1 unspecified atom stereocenters. The van der Waals surface area contributed by atoms with Crippen molar-refractivity contribution in [3.8, 4) is 11.5 Å². The molecule has 5 N–H and O–H groups in total. The van der Waals surface area contributed by atoms with Gasteiger partial charge in [-0.3, -0.25) is 5.73 Å². The second-order valence-corrected chi connectivity index (χ2v) is 5.02. The zero-order chi connectivity index (χ0) is 18.1. The molecule has 0 aromatic heterocycles. The molecule has 0 aliphatic rings. The third-order valence-electron chi connectivity index (χ3n) is 3.13. The van der Waals surface area contributed by atoms with Crippen molar-refractivity contribution in [1.82, 2.24) is 0 Å². The molecule has 130 valence electrons. The van der Waals surface area contributed by atoms with Crippen molar-refractivity contribution in [2.45, 2.75) is 12.1 Å². The highest BCUT2D eigenvalue weighted by molar-refractivity contribution is 5.84. The number of nitrogens with zero attached hydrogens (tertiary/aromatic N) is 1. The van der Waals surface area contributed by atoms with E-state index in [1.807, 2.05) is 0 Å². The summed E-state index contributed by atoms with van der Waals surface area (Å²) in [5.41, 5.74) is 4.63. The summed E-state index contributed by atoms with van der Waals surface area (Å²) in [6.45, 7) is 0. The number of esters is 1. The monoisotopic (exact) mass is 342 g/mol. The third kappa shape index (κ3) is 5.05. The molecule has 0 bridgehead atoms. The Morgan fingerprint density at radius 3 is 2.56 bits per heavy atom. The van der Waals surface area contributed by atoms with Crippen LogP contribution in [0.5, 0.6) is 11.5 Å². The number of benzene rings is 2. The summed E-state index contributed by atoms with van der Waals surface area (Å²) in [6.07, 6.45) is 1.41. The predicted octanol–water partition coefficient (Wildman–Crippen LogP) is 1.23. The highest BCUT2D eigenvalue weighted by atomic mass is 16.6. The summed E-state index contributed by atoms with van der Waals surface area (Å²) in [4.78, 5) is 23.4. The average Bonchev–Trinajstić information content (AvgIpc) is 2.61. The molecule has 8 nitrogen and oxygen atoms in total. The minimum atomic E-state index is -1.94. The smallest absolute Gasteiger partial charge is 0.371 e. The van der Waals surface area contributed by atoms with Crippen LogP contribution in [-0.2, 0) is 9.59 Å². The van der Waals surface area contributed by atoms with Crippen LogP contribution in [0.2, 0.25) is 0 Å². The van der Waals surface area contributed by atoms with E-state index in [2.05, 4.69) is 10.4 Å². The molecule has 0 saturated heterocycles. The maximum Gasteiger partial charge on any atom is 0.371 e.